The molecular weight excluding hydrogens is 350 g/mol. The van der Waals surface area contributed by atoms with E-state index in [0.717, 1.165) is 4.47 Å². The van der Waals surface area contributed by atoms with Crippen LogP contribution < -0.4 is 4.90 Å². The highest BCUT2D eigenvalue weighted by atomic mass is 79.9. The van der Waals surface area contributed by atoms with Crippen molar-refractivity contribution in [1.82, 2.24) is 0 Å². The Bertz CT molecular complexity index is 644. The van der Waals surface area contributed by atoms with Gasteiger partial charge in [0, 0.05) is 15.5 Å². The van der Waals surface area contributed by atoms with Crippen molar-refractivity contribution in [2.75, 3.05) is 24.7 Å². The highest BCUT2D eigenvalue weighted by Gasteiger charge is 2.56. The number of anilines is 1. The molecular formula is C16H18BrNO4. The first-order valence-electron chi connectivity index (χ1n) is 7.19. The second-order valence-electron chi connectivity index (χ2n) is 6.54. The molecule has 0 unspecified atom stereocenters. The maximum Gasteiger partial charge on any atom is 0.292 e. The smallest absolute Gasteiger partial charge is 0.292 e. The Morgan fingerprint density at radius 3 is 2.55 bits per heavy atom. The first kappa shape index (κ1) is 15.6. The van der Waals surface area contributed by atoms with E-state index in [9.17, 15) is 9.59 Å². The molecule has 0 aromatic heterocycles. The van der Waals surface area contributed by atoms with Crippen molar-refractivity contribution in [2.45, 2.75) is 26.6 Å². The molecule has 1 spiro atoms. The fourth-order valence-corrected chi connectivity index (χ4v) is 3.00. The molecule has 1 aromatic carbocycles. The predicted molar refractivity (Wildman–Crippen MR) is 84.5 cm³/mol. The van der Waals surface area contributed by atoms with Crippen molar-refractivity contribution in [3.63, 3.8) is 0 Å². The monoisotopic (exact) mass is 367 g/mol. The molecule has 0 aliphatic carbocycles. The van der Waals surface area contributed by atoms with E-state index in [2.05, 4.69) is 15.9 Å². The summed E-state index contributed by atoms with van der Waals surface area (Å²) < 4.78 is 12.1. The van der Waals surface area contributed by atoms with E-state index in [1.165, 1.54) is 4.90 Å². The number of hydrogen-bond donors (Lipinski definition) is 0. The minimum absolute atomic E-state index is 0.00948. The first-order chi connectivity index (χ1) is 10.3. The molecule has 5 nitrogen and oxygen atoms in total. The third kappa shape index (κ3) is 2.30. The van der Waals surface area contributed by atoms with Gasteiger partial charge in [0.15, 0.2) is 5.78 Å². The van der Waals surface area contributed by atoms with Gasteiger partial charge < -0.3 is 9.47 Å². The van der Waals surface area contributed by atoms with E-state index in [4.69, 9.17) is 9.47 Å². The minimum Gasteiger partial charge on any atom is -0.336 e. The molecule has 0 N–H and O–H groups in total. The predicted octanol–water partition coefficient (Wildman–Crippen LogP) is 2.61. The summed E-state index contributed by atoms with van der Waals surface area (Å²) >= 11 is 3.41. The number of carbonyl (C=O) groups excluding carboxylic acids is 2. The van der Waals surface area contributed by atoms with E-state index in [0.29, 0.717) is 24.5 Å². The topological polar surface area (TPSA) is 55.8 Å². The van der Waals surface area contributed by atoms with E-state index in [1.54, 1.807) is 0 Å². The summed E-state index contributed by atoms with van der Waals surface area (Å²) in [7, 11) is 0. The van der Waals surface area contributed by atoms with Crippen molar-refractivity contribution in [3.05, 3.63) is 28.2 Å². The molecule has 1 fully saturated rings. The summed E-state index contributed by atoms with van der Waals surface area (Å²) in [6.45, 7) is 6.27. The van der Waals surface area contributed by atoms with Crippen LogP contribution in [0.4, 0.5) is 5.69 Å². The fraction of sp³-hybridized carbons (Fsp3) is 0.500. The molecule has 22 heavy (non-hydrogen) atoms. The van der Waals surface area contributed by atoms with E-state index < -0.39 is 11.2 Å². The Hall–Kier alpha value is -1.24. The number of halogens is 1. The summed E-state index contributed by atoms with van der Waals surface area (Å²) in [5.74, 6) is -1.72. The van der Waals surface area contributed by atoms with Gasteiger partial charge in [-0.3, -0.25) is 14.5 Å². The van der Waals surface area contributed by atoms with Gasteiger partial charge in [-0.25, -0.2) is 0 Å². The summed E-state index contributed by atoms with van der Waals surface area (Å²) in [5.41, 5.74) is 0.821. The van der Waals surface area contributed by atoms with Crippen molar-refractivity contribution in [1.29, 1.82) is 0 Å². The number of nitrogens with zero attached hydrogens (tertiary/aromatic N) is 1. The van der Waals surface area contributed by atoms with Gasteiger partial charge in [-0.1, -0.05) is 36.7 Å². The maximum absolute atomic E-state index is 12.9. The van der Waals surface area contributed by atoms with Crippen LogP contribution >= 0.6 is 15.9 Å². The average Bonchev–Trinajstić information content (AvgIpc) is 3.00. The van der Waals surface area contributed by atoms with Crippen molar-refractivity contribution >= 4 is 33.3 Å². The van der Waals surface area contributed by atoms with Crippen molar-refractivity contribution in [3.8, 4) is 0 Å². The third-order valence-electron chi connectivity index (χ3n) is 3.96. The molecule has 1 saturated heterocycles. The lowest BCUT2D eigenvalue weighted by molar-refractivity contribution is -0.180. The van der Waals surface area contributed by atoms with Gasteiger partial charge in [0.25, 0.3) is 11.7 Å². The van der Waals surface area contributed by atoms with Gasteiger partial charge in [-0.2, -0.15) is 0 Å². The fourth-order valence-electron chi connectivity index (χ4n) is 2.64. The Labute approximate surface area is 137 Å². The first-order valence-corrected chi connectivity index (χ1v) is 7.98. The van der Waals surface area contributed by atoms with Crippen LogP contribution in [0.25, 0.3) is 0 Å². The highest BCUT2D eigenvalue weighted by molar-refractivity contribution is 9.10. The molecule has 0 atom stereocenters. The molecule has 0 bridgehead atoms. The molecule has 1 aromatic rings. The number of rotatable bonds is 2. The summed E-state index contributed by atoms with van der Waals surface area (Å²) in [5, 5.41) is 0. The van der Waals surface area contributed by atoms with Crippen LogP contribution in [0.5, 0.6) is 0 Å². The molecule has 2 aliphatic rings. The van der Waals surface area contributed by atoms with Gasteiger partial charge in [0.05, 0.1) is 25.4 Å². The van der Waals surface area contributed by atoms with Crippen LogP contribution in [0.2, 0.25) is 0 Å². The van der Waals surface area contributed by atoms with Crippen molar-refractivity contribution < 1.29 is 19.1 Å². The molecule has 1 amide bonds. The van der Waals surface area contributed by atoms with Crippen LogP contribution in [-0.2, 0) is 24.8 Å². The van der Waals surface area contributed by atoms with Gasteiger partial charge >= 0.3 is 0 Å². The molecule has 3 rings (SSSR count). The Kier molecular flexibility index (Phi) is 3.66. The summed E-state index contributed by atoms with van der Waals surface area (Å²) in [4.78, 5) is 26.7. The number of amides is 1. The molecule has 2 aliphatic heterocycles. The number of fused-ring (bicyclic) bond motifs is 2. The lowest BCUT2D eigenvalue weighted by Gasteiger charge is -2.24. The van der Waals surface area contributed by atoms with Gasteiger partial charge in [0.1, 0.15) is 0 Å². The zero-order valence-electron chi connectivity index (χ0n) is 12.8. The van der Waals surface area contributed by atoms with E-state index >= 15 is 0 Å². The normalized spacial score (nSPS) is 19.8. The number of Topliss-reactive ketones (excluding diaryl/α,β-unsaturated/α-hetero) is 1. The SMILES string of the molecule is CC(C)(C)C(=O)CN1C(=O)C2(OCCO2)c2cc(Br)ccc21. The number of benzene rings is 1. The van der Waals surface area contributed by atoms with Crippen molar-refractivity contribution in [2.24, 2.45) is 5.41 Å². The largest absolute Gasteiger partial charge is 0.336 e. The van der Waals surface area contributed by atoms with Crippen LogP contribution in [0.1, 0.15) is 26.3 Å². The van der Waals surface area contributed by atoms with Crippen LogP contribution in [-0.4, -0.2) is 31.4 Å². The standard InChI is InChI=1S/C16H18BrNO4/c1-15(2,3)13(19)9-18-12-5-4-10(17)8-11(12)16(14(18)20)21-6-7-22-16/h4-5,8H,6-7,9H2,1-3H3. The van der Waals surface area contributed by atoms with Gasteiger partial charge in [-0.15, -0.1) is 0 Å². The highest BCUT2D eigenvalue weighted by Crippen LogP contribution is 2.46. The van der Waals surface area contributed by atoms with Gasteiger partial charge in [-0.05, 0) is 18.2 Å². The third-order valence-corrected chi connectivity index (χ3v) is 4.46. The lowest BCUT2D eigenvalue weighted by Crippen LogP contribution is -2.44. The lowest BCUT2D eigenvalue weighted by atomic mass is 9.90. The summed E-state index contributed by atoms with van der Waals surface area (Å²) in [6, 6.07) is 5.47. The second kappa shape index (κ2) is 5.15. The van der Waals surface area contributed by atoms with Crippen LogP contribution in [0.15, 0.2) is 22.7 Å². The minimum atomic E-state index is -1.39. The number of carbonyl (C=O) groups is 2. The Balaban J connectivity index is 2.03. The quantitative estimate of drug-likeness (QED) is 0.805. The summed E-state index contributed by atoms with van der Waals surface area (Å²) in [6.07, 6.45) is 0. The van der Waals surface area contributed by atoms with Crippen LogP contribution in [0.3, 0.4) is 0 Å². The molecule has 0 radical (unpaired) electrons. The Morgan fingerprint density at radius 1 is 1.32 bits per heavy atom. The number of ether oxygens (including phenoxy) is 2. The molecule has 2 heterocycles. The van der Waals surface area contributed by atoms with Crippen LogP contribution in [0, 0.1) is 5.41 Å². The van der Waals surface area contributed by atoms with E-state index in [-0.39, 0.29) is 18.2 Å². The zero-order valence-corrected chi connectivity index (χ0v) is 14.4. The number of ketones is 1. The van der Waals surface area contributed by atoms with Gasteiger partial charge in [0.2, 0.25) is 0 Å². The molecule has 6 heteroatoms. The Morgan fingerprint density at radius 2 is 1.95 bits per heavy atom. The maximum atomic E-state index is 12.9. The molecule has 118 valence electrons. The molecule has 0 saturated carbocycles. The zero-order chi connectivity index (χ0) is 16.1. The van der Waals surface area contributed by atoms with E-state index in [1.807, 2.05) is 39.0 Å². The second-order valence-corrected chi connectivity index (χ2v) is 7.46. The average molecular weight is 368 g/mol. The number of hydrogen-bond acceptors (Lipinski definition) is 4.